The Bertz CT molecular complexity index is 416. The summed E-state index contributed by atoms with van der Waals surface area (Å²) in [6.45, 7) is 3.73. The van der Waals surface area contributed by atoms with E-state index in [9.17, 15) is 4.79 Å². The van der Waals surface area contributed by atoms with Crippen LogP contribution in [0.2, 0.25) is 0 Å². The van der Waals surface area contributed by atoms with E-state index in [1.54, 1.807) is 4.90 Å². The first kappa shape index (κ1) is 11.4. The van der Waals surface area contributed by atoms with Crippen LogP contribution >= 0.6 is 15.9 Å². The number of aryl methyl sites for hydroxylation is 2. The molecule has 0 N–H and O–H groups in total. The zero-order valence-electron chi connectivity index (χ0n) is 9.36. The highest BCUT2D eigenvalue weighted by Crippen LogP contribution is 2.23. The molecule has 0 atom stereocenters. The molecule has 1 fully saturated rings. The summed E-state index contributed by atoms with van der Waals surface area (Å²) in [4.78, 5) is 13.0. The van der Waals surface area contributed by atoms with Crippen LogP contribution in [0.5, 0.6) is 0 Å². The average molecular weight is 288 g/mol. The van der Waals surface area contributed by atoms with Crippen LogP contribution in [0.15, 0.2) is 4.47 Å². The van der Waals surface area contributed by atoms with Gasteiger partial charge in [-0.15, -0.1) is 0 Å². The van der Waals surface area contributed by atoms with Crippen LogP contribution in [0.3, 0.4) is 0 Å². The van der Waals surface area contributed by atoms with Crippen molar-refractivity contribution in [2.24, 2.45) is 7.05 Å². The molecule has 0 unspecified atom stereocenters. The molecule has 1 aromatic rings. The van der Waals surface area contributed by atoms with Crippen molar-refractivity contribution in [3.8, 4) is 0 Å². The predicted octanol–water partition coefficient (Wildman–Crippen LogP) is 1.70. The molecule has 5 nitrogen and oxygen atoms in total. The third kappa shape index (κ3) is 1.93. The second-order valence-electron chi connectivity index (χ2n) is 3.72. The number of hydrogen-bond acceptors (Lipinski definition) is 3. The molecule has 88 valence electrons. The Morgan fingerprint density at radius 3 is 2.81 bits per heavy atom. The van der Waals surface area contributed by atoms with Crippen molar-refractivity contribution in [2.45, 2.75) is 19.9 Å². The predicted molar refractivity (Wildman–Crippen MR) is 62.0 cm³/mol. The lowest BCUT2D eigenvalue weighted by Gasteiger charge is -2.12. The molecule has 1 aromatic heterocycles. The van der Waals surface area contributed by atoms with Crippen LogP contribution in [0.4, 0.5) is 4.79 Å². The van der Waals surface area contributed by atoms with E-state index >= 15 is 0 Å². The summed E-state index contributed by atoms with van der Waals surface area (Å²) in [6.07, 6.45) is 0.630. The number of rotatable bonds is 3. The third-order valence-corrected chi connectivity index (χ3v) is 3.60. The molecule has 0 aliphatic carbocycles. The van der Waals surface area contributed by atoms with Crippen LogP contribution in [0.25, 0.3) is 0 Å². The minimum atomic E-state index is -0.244. The molecule has 0 aromatic carbocycles. The first-order chi connectivity index (χ1) is 7.63. The Morgan fingerprint density at radius 2 is 2.31 bits per heavy atom. The molecule has 0 bridgehead atoms. The van der Waals surface area contributed by atoms with Gasteiger partial charge in [0.25, 0.3) is 0 Å². The smallest absolute Gasteiger partial charge is 0.410 e. The van der Waals surface area contributed by atoms with Crippen molar-refractivity contribution in [1.29, 1.82) is 0 Å². The average Bonchev–Trinajstić information content (AvgIpc) is 2.77. The first-order valence-electron chi connectivity index (χ1n) is 5.25. The molecule has 1 amide bonds. The van der Waals surface area contributed by atoms with E-state index in [0.717, 1.165) is 22.3 Å². The van der Waals surface area contributed by atoms with Gasteiger partial charge in [0.05, 0.1) is 29.0 Å². The number of hydrogen-bond donors (Lipinski definition) is 0. The molecule has 2 rings (SSSR count). The molecule has 1 saturated heterocycles. The largest absolute Gasteiger partial charge is 0.448 e. The van der Waals surface area contributed by atoms with Crippen LogP contribution in [0.1, 0.15) is 18.3 Å². The zero-order valence-corrected chi connectivity index (χ0v) is 11.0. The summed E-state index contributed by atoms with van der Waals surface area (Å²) in [7, 11) is 1.89. The maximum Gasteiger partial charge on any atom is 0.410 e. The summed E-state index contributed by atoms with van der Waals surface area (Å²) in [6, 6.07) is 0. The number of amides is 1. The molecule has 6 heteroatoms. The monoisotopic (exact) mass is 287 g/mol. The fourth-order valence-electron chi connectivity index (χ4n) is 1.74. The van der Waals surface area contributed by atoms with Gasteiger partial charge in [-0.3, -0.25) is 9.58 Å². The number of ether oxygens (including phenoxy) is 1. The van der Waals surface area contributed by atoms with Crippen LogP contribution in [-0.2, 0) is 24.8 Å². The minimum absolute atomic E-state index is 0.244. The molecule has 0 saturated carbocycles. The van der Waals surface area contributed by atoms with E-state index < -0.39 is 0 Å². The lowest BCUT2D eigenvalue weighted by Crippen LogP contribution is -2.25. The number of carbonyl (C=O) groups is 1. The number of halogens is 1. The standard InChI is InChI=1S/C10H14BrN3O2/c1-3-7-9(11)8(13(2)12-7)6-14-4-5-16-10(14)15/h3-6H2,1-2H3. The summed E-state index contributed by atoms with van der Waals surface area (Å²) in [5.41, 5.74) is 2.03. The Kier molecular flexibility index (Phi) is 3.18. The van der Waals surface area contributed by atoms with Crippen molar-refractivity contribution >= 4 is 22.0 Å². The van der Waals surface area contributed by atoms with Gasteiger partial charge in [-0.2, -0.15) is 5.10 Å². The maximum absolute atomic E-state index is 11.3. The number of aromatic nitrogens is 2. The zero-order chi connectivity index (χ0) is 11.7. The SMILES string of the molecule is CCc1nn(C)c(CN2CCOC2=O)c1Br. The van der Waals surface area contributed by atoms with Crippen molar-refractivity contribution in [3.63, 3.8) is 0 Å². The highest BCUT2D eigenvalue weighted by atomic mass is 79.9. The van der Waals surface area contributed by atoms with E-state index in [4.69, 9.17) is 4.74 Å². The normalized spacial score (nSPS) is 15.7. The third-order valence-electron chi connectivity index (χ3n) is 2.69. The van der Waals surface area contributed by atoms with Gasteiger partial charge in [-0.25, -0.2) is 4.79 Å². The second-order valence-corrected chi connectivity index (χ2v) is 4.51. The van der Waals surface area contributed by atoms with E-state index in [2.05, 4.69) is 28.0 Å². The van der Waals surface area contributed by atoms with Gasteiger partial charge >= 0.3 is 6.09 Å². The summed E-state index contributed by atoms with van der Waals surface area (Å²) in [5.74, 6) is 0. The maximum atomic E-state index is 11.3. The van der Waals surface area contributed by atoms with Gasteiger partial charge in [0.15, 0.2) is 0 Å². The first-order valence-corrected chi connectivity index (χ1v) is 6.04. The number of nitrogens with zero attached hydrogens (tertiary/aromatic N) is 3. The minimum Gasteiger partial charge on any atom is -0.448 e. The molecule has 2 heterocycles. The van der Waals surface area contributed by atoms with E-state index in [0.29, 0.717) is 19.7 Å². The van der Waals surface area contributed by atoms with Crippen molar-refractivity contribution in [1.82, 2.24) is 14.7 Å². The highest BCUT2D eigenvalue weighted by molar-refractivity contribution is 9.10. The van der Waals surface area contributed by atoms with Crippen molar-refractivity contribution in [3.05, 3.63) is 15.9 Å². The van der Waals surface area contributed by atoms with E-state index in [-0.39, 0.29) is 6.09 Å². The van der Waals surface area contributed by atoms with Gasteiger partial charge in [-0.05, 0) is 22.4 Å². The molecule has 16 heavy (non-hydrogen) atoms. The Labute approximate surface area is 102 Å². The topological polar surface area (TPSA) is 47.4 Å². The Morgan fingerprint density at radius 1 is 1.56 bits per heavy atom. The molecule has 1 aliphatic rings. The molecular weight excluding hydrogens is 274 g/mol. The Balaban J connectivity index is 2.20. The van der Waals surface area contributed by atoms with Gasteiger partial charge in [-0.1, -0.05) is 6.92 Å². The summed E-state index contributed by atoms with van der Waals surface area (Å²) < 4.78 is 7.70. The molecule has 0 spiro atoms. The fourth-order valence-corrected chi connectivity index (χ4v) is 2.48. The van der Waals surface area contributed by atoms with Crippen molar-refractivity contribution < 1.29 is 9.53 Å². The molecular formula is C10H14BrN3O2. The van der Waals surface area contributed by atoms with Crippen LogP contribution in [0, 0.1) is 0 Å². The second kappa shape index (κ2) is 4.45. The number of carbonyl (C=O) groups excluding carboxylic acids is 1. The molecule has 0 radical (unpaired) electrons. The van der Waals surface area contributed by atoms with Gasteiger partial charge < -0.3 is 4.74 Å². The van der Waals surface area contributed by atoms with Gasteiger partial charge in [0.2, 0.25) is 0 Å². The number of cyclic esters (lactones) is 1. The van der Waals surface area contributed by atoms with Crippen LogP contribution < -0.4 is 0 Å². The lowest BCUT2D eigenvalue weighted by atomic mass is 10.3. The summed E-state index contributed by atoms with van der Waals surface area (Å²) in [5, 5.41) is 4.39. The van der Waals surface area contributed by atoms with Crippen molar-refractivity contribution in [2.75, 3.05) is 13.2 Å². The highest BCUT2D eigenvalue weighted by Gasteiger charge is 2.24. The fraction of sp³-hybridized carbons (Fsp3) is 0.600. The van der Waals surface area contributed by atoms with E-state index in [1.165, 1.54) is 0 Å². The van der Waals surface area contributed by atoms with Gasteiger partial charge in [0, 0.05) is 7.05 Å². The quantitative estimate of drug-likeness (QED) is 0.850. The van der Waals surface area contributed by atoms with E-state index in [1.807, 2.05) is 11.7 Å². The Hall–Kier alpha value is -1.04. The lowest BCUT2D eigenvalue weighted by molar-refractivity contribution is 0.156. The van der Waals surface area contributed by atoms with Crippen LogP contribution in [-0.4, -0.2) is 33.9 Å². The molecule has 1 aliphatic heterocycles. The van der Waals surface area contributed by atoms with Gasteiger partial charge in [0.1, 0.15) is 6.61 Å². The summed E-state index contributed by atoms with van der Waals surface area (Å²) >= 11 is 3.53.